The van der Waals surface area contributed by atoms with E-state index in [0.717, 1.165) is 11.8 Å². The minimum absolute atomic E-state index is 0.109. The summed E-state index contributed by atoms with van der Waals surface area (Å²) in [5.41, 5.74) is 1.39. The fourth-order valence-electron chi connectivity index (χ4n) is 3.86. The van der Waals surface area contributed by atoms with E-state index in [0.29, 0.717) is 23.9 Å². The lowest BCUT2D eigenvalue weighted by Crippen LogP contribution is -2.29. The number of amides is 1. The predicted octanol–water partition coefficient (Wildman–Crippen LogP) is 4.79. The standard InChI is InChI=1S/C24H22N4O4/c1-2-3-11-20(29)27-22(17-9-4-7-15-8-5-12-25-21(15)17)18-14-19(28(31)32)16-10-6-13-26-23(16)24(18)30/h4-10,12-14,22,30H,2-3,11H2,1H3,(H,27,29). The average molecular weight is 430 g/mol. The van der Waals surface area contributed by atoms with Gasteiger partial charge in [0.2, 0.25) is 5.91 Å². The zero-order valence-corrected chi connectivity index (χ0v) is 17.5. The minimum atomic E-state index is -0.844. The number of aromatic nitrogens is 2. The van der Waals surface area contributed by atoms with Gasteiger partial charge < -0.3 is 10.4 Å². The third kappa shape index (κ3) is 3.94. The number of aromatic hydroxyl groups is 1. The summed E-state index contributed by atoms with van der Waals surface area (Å²) in [7, 11) is 0. The summed E-state index contributed by atoms with van der Waals surface area (Å²) >= 11 is 0. The molecule has 4 rings (SSSR count). The molecular weight excluding hydrogens is 408 g/mol. The first-order chi connectivity index (χ1) is 15.5. The highest BCUT2D eigenvalue weighted by Crippen LogP contribution is 2.40. The summed E-state index contributed by atoms with van der Waals surface area (Å²) in [4.78, 5) is 32.7. The highest BCUT2D eigenvalue weighted by atomic mass is 16.6. The lowest BCUT2D eigenvalue weighted by molar-refractivity contribution is -0.383. The predicted molar refractivity (Wildman–Crippen MR) is 121 cm³/mol. The van der Waals surface area contributed by atoms with Crippen LogP contribution in [0.25, 0.3) is 21.8 Å². The lowest BCUT2D eigenvalue weighted by atomic mass is 9.93. The van der Waals surface area contributed by atoms with Gasteiger partial charge in [-0.3, -0.25) is 24.9 Å². The topological polar surface area (TPSA) is 118 Å². The molecule has 1 amide bonds. The van der Waals surface area contributed by atoms with Crippen molar-refractivity contribution in [3.63, 3.8) is 0 Å². The zero-order valence-electron chi connectivity index (χ0n) is 17.5. The van der Waals surface area contributed by atoms with E-state index in [-0.39, 0.29) is 33.8 Å². The molecule has 0 bridgehead atoms. The van der Waals surface area contributed by atoms with Crippen molar-refractivity contribution in [2.75, 3.05) is 0 Å². The van der Waals surface area contributed by atoms with E-state index in [1.807, 2.05) is 31.2 Å². The number of nitrogens with zero attached hydrogens (tertiary/aromatic N) is 3. The number of benzene rings is 2. The van der Waals surface area contributed by atoms with Gasteiger partial charge in [-0.05, 0) is 24.6 Å². The van der Waals surface area contributed by atoms with E-state index >= 15 is 0 Å². The van der Waals surface area contributed by atoms with E-state index in [1.54, 1.807) is 18.3 Å². The molecule has 0 radical (unpaired) electrons. The van der Waals surface area contributed by atoms with Gasteiger partial charge in [0, 0.05) is 41.4 Å². The third-order valence-electron chi connectivity index (χ3n) is 5.42. The number of hydrogen-bond acceptors (Lipinski definition) is 6. The lowest BCUT2D eigenvalue weighted by Gasteiger charge is -2.22. The summed E-state index contributed by atoms with van der Waals surface area (Å²) in [6, 6.07) is 12.8. The summed E-state index contributed by atoms with van der Waals surface area (Å²) < 4.78 is 0. The van der Waals surface area contributed by atoms with E-state index in [4.69, 9.17) is 0 Å². The van der Waals surface area contributed by atoms with Gasteiger partial charge in [0.25, 0.3) is 5.69 Å². The van der Waals surface area contributed by atoms with Crippen molar-refractivity contribution in [3.8, 4) is 5.75 Å². The monoisotopic (exact) mass is 430 g/mol. The molecule has 8 nitrogen and oxygen atoms in total. The molecule has 0 spiro atoms. The minimum Gasteiger partial charge on any atom is -0.505 e. The molecule has 0 aliphatic heterocycles. The largest absolute Gasteiger partial charge is 0.505 e. The van der Waals surface area contributed by atoms with Crippen LogP contribution in [-0.2, 0) is 4.79 Å². The van der Waals surface area contributed by atoms with Crippen LogP contribution in [0.4, 0.5) is 5.69 Å². The van der Waals surface area contributed by atoms with Crippen molar-refractivity contribution in [1.29, 1.82) is 0 Å². The number of non-ortho nitro benzene ring substituents is 1. The molecule has 2 aromatic heterocycles. The van der Waals surface area contributed by atoms with Crippen molar-refractivity contribution < 1.29 is 14.8 Å². The van der Waals surface area contributed by atoms with Gasteiger partial charge in [0.15, 0.2) is 0 Å². The maximum absolute atomic E-state index is 12.7. The van der Waals surface area contributed by atoms with Gasteiger partial charge in [0.1, 0.15) is 11.3 Å². The van der Waals surface area contributed by atoms with E-state index in [2.05, 4.69) is 15.3 Å². The van der Waals surface area contributed by atoms with Gasteiger partial charge in [-0.2, -0.15) is 0 Å². The van der Waals surface area contributed by atoms with Crippen LogP contribution in [0.5, 0.6) is 5.75 Å². The number of nitro groups is 1. The molecule has 0 aliphatic carbocycles. The highest BCUT2D eigenvalue weighted by molar-refractivity contribution is 5.94. The van der Waals surface area contributed by atoms with E-state index < -0.39 is 11.0 Å². The van der Waals surface area contributed by atoms with Crippen molar-refractivity contribution in [3.05, 3.63) is 82.2 Å². The molecule has 1 atom stereocenters. The Bertz CT molecular complexity index is 1320. The van der Waals surface area contributed by atoms with Crippen molar-refractivity contribution in [2.24, 2.45) is 0 Å². The maximum atomic E-state index is 12.7. The number of phenols is 1. The number of phenolic OH excluding ortho intramolecular Hbond substituents is 1. The summed E-state index contributed by atoms with van der Waals surface area (Å²) in [5, 5.41) is 26.9. The highest BCUT2D eigenvalue weighted by Gasteiger charge is 2.28. The summed E-state index contributed by atoms with van der Waals surface area (Å²) in [6.45, 7) is 1.99. The van der Waals surface area contributed by atoms with Gasteiger partial charge in [-0.25, -0.2) is 0 Å². The Morgan fingerprint density at radius 2 is 1.81 bits per heavy atom. The molecule has 32 heavy (non-hydrogen) atoms. The van der Waals surface area contributed by atoms with Gasteiger partial charge in [-0.15, -0.1) is 0 Å². The molecule has 8 heteroatoms. The number of para-hydroxylation sites is 1. The van der Waals surface area contributed by atoms with Crippen LogP contribution in [0.15, 0.2) is 60.9 Å². The first-order valence-corrected chi connectivity index (χ1v) is 10.4. The Balaban J connectivity index is 1.96. The molecule has 0 saturated heterocycles. The second-order valence-electron chi connectivity index (χ2n) is 7.52. The van der Waals surface area contributed by atoms with Crippen LogP contribution in [0.1, 0.15) is 43.4 Å². The second-order valence-corrected chi connectivity index (χ2v) is 7.52. The first kappa shape index (κ1) is 21.2. The van der Waals surface area contributed by atoms with Crippen LogP contribution in [0.3, 0.4) is 0 Å². The second kappa shape index (κ2) is 8.97. The Labute approximate surface area is 184 Å². The molecule has 1 unspecified atom stereocenters. The van der Waals surface area contributed by atoms with Crippen LogP contribution < -0.4 is 5.32 Å². The number of hydrogen-bond donors (Lipinski definition) is 2. The maximum Gasteiger partial charge on any atom is 0.279 e. The first-order valence-electron chi connectivity index (χ1n) is 10.4. The number of pyridine rings is 2. The SMILES string of the molecule is CCCCC(=O)NC(c1cc([N+](=O)[O-])c2cccnc2c1O)c1cccc2cccnc12. The molecule has 4 aromatic rings. The summed E-state index contributed by atoms with van der Waals surface area (Å²) in [6.07, 6.45) is 4.97. The molecular formula is C24H22N4O4. The smallest absolute Gasteiger partial charge is 0.279 e. The number of unbranched alkanes of at least 4 members (excludes halogenated alkanes) is 1. The molecule has 0 fully saturated rings. The third-order valence-corrected chi connectivity index (χ3v) is 5.42. The van der Waals surface area contributed by atoms with Crippen molar-refractivity contribution in [2.45, 2.75) is 32.2 Å². The zero-order chi connectivity index (χ0) is 22.7. The Hall–Kier alpha value is -4.07. The number of rotatable bonds is 7. The molecule has 2 N–H and O–H groups in total. The molecule has 2 aromatic carbocycles. The van der Waals surface area contributed by atoms with Crippen molar-refractivity contribution >= 4 is 33.4 Å². The normalized spacial score (nSPS) is 12.0. The fraction of sp³-hybridized carbons (Fsp3) is 0.208. The molecule has 0 saturated carbocycles. The quantitative estimate of drug-likeness (QED) is 0.321. The number of fused-ring (bicyclic) bond motifs is 2. The Morgan fingerprint density at radius 1 is 1.09 bits per heavy atom. The molecule has 0 aliphatic rings. The summed E-state index contributed by atoms with van der Waals surface area (Å²) in [5.74, 6) is -0.423. The number of nitro benzene ring substituents is 1. The van der Waals surface area contributed by atoms with Crippen molar-refractivity contribution in [1.82, 2.24) is 15.3 Å². The van der Waals surface area contributed by atoms with E-state index in [1.165, 1.54) is 18.3 Å². The van der Waals surface area contributed by atoms with Gasteiger partial charge in [0.05, 0.1) is 21.9 Å². The number of carbonyl (C=O) groups is 1. The van der Waals surface area contributed by atoms with E-state index in [9.17, 15) is 20.0 Å². The van der Waals surface area contributed by atoms with Gasteiger partial charge in [-0.1, -0.05) is 37.6 Å². The van der Waals surface area contributed by atoms with Gasteiger partial charge >= 0.3 is 0 Å². The number of carbonyl (C=O) groups excluding carboxylic acids is 1. The Morgan fingerprint density at radius 3 is 2.56 bits per heavy atom. The Kier molecular flexibility index (Phi) is 5.93. The number of nitrogens with one attached hydrogen (secondary N) is 1. The molecule has 162 valence electrons. The fourth-order valence-corrected chi connectivity index (χ4v) is 3.86. The molecule has 2 heterocycles. The average Bonchev–Trinajstić information content (AvgIpc) is 2.81. The van der Waals surface area contributed by atoms with Crippen LogP contribution in [0, 0.1) is 10.1 Å². The van der Waals surface area contributed by atoms with Crippen LogP contribution in [0.2, 0.25) is 0 Å². The van der Waals surface area contributed by atoms with Crippen LogP contribution >= 0.6 is 0 Å². The van der Waals surface area contributed by atoms with Crippen LogP contribution in [-0.4, -0.2) is 25.9 Å².